The van der Waals surface area contributed by atoms with E-state index in [1.165, 1.54) is 0 Å². The van der Waals surface area contributed by atoms with E-state index >= 15 is 0 Å². The van der Waals surface area contributed by atoms with Crippen LogP contribution in [0.1, 0.15) is 57.8 Å². The van der Waals surface area contributed by atoms with Crippen molar-refractivity contribution in [3.05, 3.63) is 0 Å². The summed E-state index contributed by atoms with van der Waals surface area (Å²) in [7, 11) is 0. The van der Waals surface area contributed by atoms with Crippen molar-refractivity contribution < 1.29 is 24.3 Å². The maximum absolute atomic E-state index is 13.2. The van der Waals surface area contributed by atoms with Gasteiger partial charge in [-0.05, 0) is 70.9 Å². The van der Waals surface area contributed by atoms with Crippen LogP contribution in [-0.2, 0) is 19.2 Å². The zero-order valence-corrected chi connectivity index (χ0v) is 20.2. The molecule has 0 spiro atoms. The van der Waals surface area contributed by atoms with Gasteiger partial charge in [0.25, 0.3) is 0 Å². The van der Waals surface area contributed by atoms with Gasteiger partial charge in [-0.2, -0.15) is 0 Å². The van der Waals surface area contributed by atoms with E-state index in [0.29, 0.717) is 45.2 Å². The van der Waals surface area contributed by atoms with Gasteiger partial charge in [-0.25, -0.2) is 4.79 Å². The third-order valence-electron chi connectivity index (χ3n) is 6.34. The van der Waals surface area contributed by atoms with Crippen molar-refractivity contribution >= 4 is 29.7 Å². The Balaban J connectivity index is 2.06. The van der Waals surface area contributed by atoms with Gasteiger partial charge in [0.1, 0.15) is 18.1 Å². The molecule has 0 saturated carbocycles. The summed E-state index contributed by atoms with van der Waals surface area (Å²) in [6, 6.07) is -3.04. The normalized spacial score (nSPS) is 21.2. The Morgan fingerprint density at radius 2 is 1.77 bits per heavy atom. The number of carboxylic acid groups (broad SMARTS) is 1. The molecule has 2 heterocycles. The zero-order chi connectivity index (χ0) is 25.8. The first-order valence-corrected chi connectivity index (χ1v) is 12.4. The number of guanidine groups is 1. The predicted molar refractivity (Wildman–Crippen MR) is 130 cm³/mol. The van der Waals surface area contributed by atoms with E-state index in [0.717, 1.165) is 19.4 Å². The second-order valence-electron chi connectivity index (χ2n) is 9.03. The molecule has 13 nitrogen and oxygen atoms in total. The number of nitrogens with one attached hydrogen (secondary N) is 3. The van der Waals surface area contributed by atoms with Crippen LogP contribution in [0.25, 0.3) is 0 Å². The molecule has 3 amide bonds. The van der Waals surface area contributed by atoms with Crippen molar-refractivity contribution in [3.8, 4) is 0 Å². The van der Waals surface area contributed by atoms with Crippen LogP contribution in [0.15, 0.2) is 4.99 Å². The number of carboxylic acids is 1. The fourth-order valence-electron chi connectivity index (χ4n) is 4.46. The number of amides is 3. The van der Waals surface area contributed by atoms with Gasteiger partial charge in [0.2, 0.25) is 17.7 Å². The Morgan fingerprint density at radius 1 is 1.03 bits per heavy atom. The van der Waals surface area contributed by atoms with Gasteiger partial charge in [-0.15, -0.1) is 0 Å². The van der Waals surface area contributed by atoms with E-state index in [9.17, 15) is 24.3 Å². The van der Waals surface area contributed by atoms with Crippen molar-refractivity contribution in [2.24, 2.45) is 22.2 Å². The van der Waals surface area contributed by atoms with Crippen molar-refractivity contribution in [3.63, 3.8) is 0 Å². The fourth-order valence-corrected chi connectivity index (χ4v) is 4.46. The van der Waals surface area contributed by atoms with Crippen molar-refractivity contribution in [2.75, 3.05) is 26.2 Å². The second kappa shape index (κ2) is 14.5. The summed E-state index contributed by atoms with van der Waals surface area (Å²) >= 11 is 0. The highest BCUT2D eigenvalue weighted by Gasteiger charge is 2.39. The Hall–Kier alpha value is -2.93. The molecule has 0 aromatic rings. The number of nitrogens with zero attached hydrogens (tertiary/aromatic N) is 2. The Bertz CT molecular complexity index is 767. The minimum atomic E-state index is -1.16. The van der Waals surface area contributed by atoms with Crippen LogP contribution in [0.3, 0.4) is 0 Å². The van der Waals surface area contributed by atoms with E-state index in [1.54, 1.807) is 4.90 Å². The summed E-state index contributed by atoms with van der Waals surface area (Å²) in [5.41, 5.74) is 16.2. The molecule has 2 rings (SSSR count). The molecule has 0 aliphatic carbocycles. The molecule has 13 heteroatoms. The largest absolute Gasteiger partial charge is 0.480 e. The molecular formula is C22H40N8O5. The Morgan fingerprint density at radius 3 is 2.40 bits per heavy atom. The van der Waals surface area contributed by atoms with Gasteiger partial charge >= 0.3 is 5.97 Å². The molecule has 0 radical (unpaired) electrons. The number of hydrogen-bond donors (Lipinski definition) is 7. The van der Waals surface area contributed by atoms with Crippen LogP contribution >= 0.6 is 0 Å². The number of carbonyl (C=O) groups is 4. The van der Waals surface area contributed by atoms with E-state index in [2.05, 4.69) is 20.9 Å². The molecular weight excluding hydrogens is 456 g/mol. The average Bonchev–Trinajstić information content (AvgIpc) is 3.52. The van der Waals surface area contributed by atoms with Gasteiger partial charge in [0.05, 0.1) is 6.04 Å². The molecule has 2 saturated heterocycles. The quantitative estimate of drug-likeness (QED) is 0.0799. The lowest BCUT2D eigenvalue weighted by Gasteiger charge is -2.28. The Kier molecular flexibility index (Phi) is 11.7. The molecule has 2 aliphatic rings. The average molecular weight is 497 g/mol. The highest BCUT2D eigenvalue weighted by atomic mass is 16.4. The topological polar surface area (TPSA) is 218 Å². The third kappa shape index (κ3) is 8.98. The van der Waals surface area contributed by atoms with Crippen LogP contribution in [0.2, 0.25) is 0 Å². The lowest BCUT2D eigenvalue weighted by molar-refractivity contribution is -0.143. The van der Waals surface area contributed by atoms with Crippen molar-refractivity contribution in [1.82, 2.24) is 20.9 Å². The maximum atomic E-state index is 13.2. The number of hydrogen-bond acceptors (Lipinski definition) is 7. The molecule has 198 valence electrons. The van der Waals surface area contributed by atoms with Gasteiger partial charge in [0, 0.05) is 13.1 Å². The predicted octanol–water partition coefficient (Wildman–Crippen LogP) is -2.03. The monoisotopic (exact) mass is 496 g/mol. The lowest BCUT2D eigenvalue weighted by atomic mass is 10.1. The minimum Gasteiger partial charge on any atom is -0.480 e. The first-order chi connectivity index (χ1) is 16.7. The number of rotatable bonds is 14. The molecule has 10 N–H and O–H groups in total. The van der Waals surface area contributed by atoms with Gasteiger partial charge in [-0.3, -0.25) is 19.4 Å². The number of unbranched alkanes of at least 4 members (excludes halogenated alkanes) is 1. The van der Waals surface area contributed by atoms with E-state index in [-0.39, 0.29) is 37.3 Å². The molecule has 2 aliphatic heterocycles. The molecule has 0 aromatic carbocycles. The number of nitrogens with two attached hydrogens (primary N) is 3. The summed E-state index contributed by atoms with van der Waals surface area (Å²) in [6.07, 6.45) is 4.85. The van der Waals surface area contributed by atoms with Crippen LogP contribution in [0, 0.1) is 0 Å². The highest BCUT2D eigenvalue weighted by molar-refractivity contribution is 5.94. The highest BCUT2D eigenvalue weighted by Crippen LogP contribution is 2.21. The van der Waals surface area contributed by atoms with Gasteiger partial charge < -0.3 is 43.2 Å². The van der Waals surface area contributed by atoms with Crippen molar-refractivity contribution in [1.29, 1.82) is 0 Å². The summed E-state index contributed by atoms with van der Waals surface area (Å²) < 4.78 is 0. The Labute approximate surface area is 205 Å². The van der Waals surface area contributed by atoms with Gasteiger partial charge in [-0.1, -0.05) is 0 Å². The first-order valence-electron chi connectivity index (χ1n) is 12.4. The summed E-state index contributed by atoms with van der Waals surface area (Å²) in [5.74, 6) is -2.36. The minimum absolute atomic E-state index is 0.0819. The maximum Gasteiger partial charge on any atom is 0.326 e. The molecule has 4 unspecified atom stereocenters. The zero-order valence-electron chi connectivity index (χ0n) is 20.2. The SMILES string of the molecule is NCCCCC(NC(=O)C(CCCN=C(N)N)NC(=O)C1CCCN1C(=O)C1CCCN1)C(=O)O. The molecule has 0 aromatic heterocycles. The van der Waals surface area contributed by atoms with Crippen LogP contribution in [-0.4, -0.2) is 90.0 Å². The van der Waals surface area contributed by atoms with E-state index < -0.39 is 35.9 Å². The lowest BCUT2D eigenvalue weighted by Crippen LogP contribution is -2.56. The number of aliphatic carboxylic acids is 1. The van der Waals surface area contributed by atoms with Crippen molar-refractivity contribution in [2.45, 2.75) is 82.0 Å². The van der Waals surface area contributed by atoms with Crippen LogP contribution in [0.5, 0.6) is 0 Å². The summed E-state index contributed by atoms with van der Waals surface area (Å²) in [4.78, 5) is 56.2. The molecule has 2 fully saturated rings. The fraction of sp³-hybridized carbons (Fsp3) is 0.773. The second-order valence-corrected chi connectivity index (χ2v) is 9.03. The third-order valence-corrected chi connectivity index (χ3v) is 6.34. The molecule has 35 heavy (non-hydrogen) atoms. The van der Waals surface area contributed by atoms with E-state index in [1.807, 2.05) is 0 Å². The summed E-state index contributed by atoms with van der Waals surface area (Å²) in [5, 5.41) is 17.9. The number of carbonyl (C=O) groups excluding carboxylic acids is 3. The summed E-state index contributed by atoms with van der Waals surface area (Å²) in [6.45, 7) is 1.94. The number of likely N-dealkylation sites (tertiary alicyclic amines) is 1. The number of aliphatic imine (C=N–C) groups is 1. The van der Waals surface area contributed by atoms with E-state index in [4.69, 9.17) is 17.2 Å². The first kappa shape index (κ1) is 28.3. The molecule has 4 atom stereocenters. The van der Waals surface area contributed by atoms with Crippen LogP contribution in [0.4, 0.5) is 0 Å². The molecule has 0 bridgehead atoms. The van der Waals surface area contributed by atoms with Gasteiger partial charge in [0.15, 0.2) is 5.96 Å². The smallest absolute Gasteiger partial charge is 0.326 e. The standard InChI is InChI=1S/C22H40N8O5/c23-10-2-1-6-16(21(34)35)29-18(31)14(7-3-12-27-22(24)25)28-19(32)17-9-5-13-30(17)20(33)15-8-4-11-26-15/h14-17,26H,1-13,23H2,(H,28,32)(H,29,31)(H,34,35)(H4,24,25,27). The van der Waals surface area contributed by atoms with Crippen LogP contribution < -0.4 is 33.2 Å².